The Hall–Kier alpha value is -2.62. The molecule has 0 aliphatic rings. The van der Waals surface area contributed by atoms with Crippen LogP contribution in [0.15, 0.2) is 42.5 Å². The van der Waals surface area contributed by atoms with Gasteiger partial charge in [-0.15, -0.1) is 0 Å². The molecule has 0 saturated carbocycles. The minimum atomic E-state index is -0.379. The highest BCUT2D eigenvalue weighted by atomic mass is 19.1. The van der Waals surface area contributed by atoms with Crippen molar-refractivity contribution in [2.75, 3.05) is 5.32 Å². The largest absolute Gasteiger partial charge is 0.351 e. The lowest BCUT2D eigenvalue weighted by Crippen LogP contribution is -2.12. The second-order valence-electron chi connectivity index (χ2n) is 5.19. The van der Waals surface area contributed by atoms with Crippen LogP contribution in [0.3, 0.4) is 0 Å². The van der Waals surface area contributed by atoms with Crippen molar-refractivity contribution in [3.8, 4) is 0 Å². The van der Waals surface area contributed by atoms with Gasteiger partial charge in [0.05, 0.1) is 0 Å². The molecule has 0 saturated heterocycles. The van der Waals surface area contributed by atoms with Gasteiger partial charge in [-0.3, -0.25) is 4.79 Å². The van der Waals surface area contributed by atoms with E-state index in [0.717, 1.165) is 22.0 Å². The Labute approximate surface area is 121 Å². The van der Waals surface area contributed by atoms with Gasteiger partial charge in [0, 0.05) is 16.6 Å². The fraction of sp³-hybridized carbons (Fsp3) is 0.118. The molecule has 106 valence electrons. The van der Waals surface area contributed by atoms with Crippen LogP contribution in [0.25, 0.3) is 10.9 Å². The van der Waals surface area contributed by atoms with Gasteiger partial charge in [-0.25, -0.2) is 4.39 Å². The van der Waals surface area contributed by atoms with Crippen LogP contribution in [0.4, 0.5) is 10.1 Å². The number of benzene rings is 2. The van der Waals surface area contributed by atoms with Crippen molar-refractivity contribution < 1.29 is 9.18 Å². The van der Waals surface area contributed by atoms with Gasteiger partial charge in [0.25, 0.3) is 5.91 Å². The second kappa shape index (κ2) is 5.05. The Morgan fingerprint density at radius 3 is 2.71 bits per heavy atom. The van der Waals surface area contributed by atoms with Crippen molar-refractivity contribution in [2.24, 2.45) is 0 Å². The van der Waals surface area contributed by atoms with E-state index in [1.165, 1.54) is 12.1 Å². The molecule has 3 nitrogen and oxygen atoms in total. The molecule has 3 aromatic rings. The summed E-state index contributed by atoms with van der Waals surface area (Å²) in [7, 11) is 0. The van der Waals surface area contributed by atoms with Crippen LogP contribution in [0, 0.1) is 19.7 Å². The Balaban J connectivity index is 1.93. The summed E-state index contributed by atoms with van der Waals surface area (Å²) in [5.74, 6) is -0.662. The Morgan fingerprint density at radius 1 is 1.14 bits per heavy atom. The Bertz CT molecular complexity index is 836. The summed E-state index contributed by atoms with van der Waals surface area (Å²) in [5, 5.41) is 3.70. The molecule has 4 heteroatoms. The predicted octanol–water partition coefficient (Wildman–Crippen LogP) is 4.18. The van der Waals surface area contributed by atoms with Gasteiger partial charge in [-0.05, 0) is 55.3 Å². The van der Waals surface area contributed by atoms with Crippen LogP contribution in [0.2, 0.25) is 0 Å². The molecule has 0 spiro atoms. The van der Waals surface area contributed by atoms with Crippen LogP contribution in [0.1, 0.15) is 21.6 Å². The molecule has 0 radical (unpaired) electrons. The standard InChI is InChI=1S/C17H15FN2O/c1-10-6-11(2)14-9-16(20-15(14)7-10)17(21)19-13-5-3-4-12(18)8-13/h3-9,20H,1-2H3,(H,19,21). The molecule has 0 aliphatic heterocycles. The molecule has 0 unspecified atom stereocenters. The molecule has 3 rings (SSSR count). The predicted molar refractivity (Wildman–Crippen MR) is 82.1 cm³/mol. The maximum absolute atomic E-state index is 13.1. The summed E-state index contributed by atoms with van der Waals surface area (Å²) in [5.41, 5.74) is 4.08. The number of carbonyl (C=O) groups excluding carboxylic acids is 1. The number of nitrogens with one attached hydrogen (secondary N) is 2. The van der Waals surface area contributed by atoms with E-state index in [-0.39, 0.29) is 11.7 Å². The van der Waals surface area contributed by atoms with Gasteiger partial charge in [-0.2, -0.15) is 0 Å². The topological polar surface area (TPSA) is 44.9 Å². The van der Waals surface area contributed by atoms with E-state index < -0.39 is 0 Å². The maximum atomic E-state index is 13.1. The highest BCUT2D eigenvalue weighted by Crippen LogP contribution is 2.22. The summed E-state index contributed by atoms with van der Waals surface area (Å²) < 4.78 is 13.1. The number of H-pyrrole nitrogens is 1. The Kier molecular flexibility index (Phi) is 3.22. The first-order valence-electron chi connectivity index (χ1n) is 6.70. The van der Waals surface area contributed by atoms with Gasteiger partial charge < -0.3 is 10.3 Å². The third-order valence-corrected chi connectivity index (χ3v) is 3.42. The SMILES string of the molecule is Cc1cc(C)c2cc(C(=O)Nc3cccc(F)c3)[nH]c2c1. The third kappa shape index (κ3) is 2.65. The van der Waals surface area contributed by atoms with Crippen molar-refractivity contribution in [1.82, 2.24) is 4.98 Å². The molecular formula is C17H15FN2O. The zero-order valence-corrected chi connectivity index (χ0v) is 11.8. The van der Waals surface area contributed by atoms with E-state index in [1.807, 2.05) is 26.0 Å². The number of aromatic nitrogens is 1. The molecule has 1 amide bonds. The highest BCUT2D eigenvalue weighted by molar-refractivity contribution is 6.06. The number of hydrogen-bond acceptors (Lipinski definition) is 1. The van der Waals surface area contributed by atoms with Crippen LogP contribution >= 0.6 is 0 Å². The van der Waals surface area contributed by atoms with Crippen molar-refractivity contribution in [3.05, 3.63) is 65.1 Å². The molecule has 0 aliphatic carbocycles. The second-order valence-corrected chi connectivity index (χ2v) is 5.19. The molecule has 0 fully saturated rings. The number of rotatable bonds is 2. The van der Waals surface area contributed by atoms with E-state index in [9.17, 15) is 9.18 Å². The van der Waals surface area contributed by atoms with E-state index in [1.54, 1.807) is 12.1 Å². The van der Waals surface area contributed by atoms with Crippen LogP contribution in [-0.2, 0) is 0 Å². The van der Waals surface area contributed by atoms with Crippen molar-refractivity contribution >= 4 is 22.5 Å². The summed E-state index contributed by atoms with van der Waals surface area (Å²) in [6.07, 6.45) is 0. The number of halogens is 1. The fourth-order valence-electron chi connectivity index (χ4n) is 2.49. The van der Waals surface area contributed by atoms with Crippen LogP contribution < -0.4 is 5.32 Å². The first-order valence-corrected chi connectivity index (χ1v) is 6.70. The van der Waals surface area contributed by atoms with Crippen LogP contribution in [-0.4, -0.2) is 10.9 Å². The zero-order valence-electron chi connectivity index (χ0n) is 11.8. The highest BCUT2D eigenvalue weighted by Gasteiger charge is 2.11. The summed E-state index contributed by atoms with van der Waals surface area (Å²) in [6.45, 7) is 4.03. The summed E-state index contributed by atoms with van der Waals surface area (Å²) in [6, 6.07) is 11.7. The van der Waals surface area contributed by atoms with E-state index >= 15 is 0 Å². The smallest absolute Gasteiger partial charge is 0.272 e. The lowest BCUT2D eigenvalue weighted by molar-refractivity contribution is 0.102. The molecule has 21 heavy (non-hydrogen) atoms. The fourth-order valence-corrected chi connectivity index (χ4v) is 2.49. The minimum Gasteiger partial charge on any atom is -0.351 e. The maximum Gasteiger partial charge on any atom is 0.272 e. The molecule has 0 bridgehead atoms. The van der Waals surface area contributed by atoms with Gasteiger partial charge in [0.1, 0.15) is 11.5 Å². The lowest BCUT2D eigenvalue weighted by Gasteiger charge is -2.03. The first kappa shape index (κ1) is 13.4. The van der Waals surface area contributed by atoms with E-state index in [0.29, 0.717) is 11.4 Å². The average Bonchev–Trinajstić information content (AvgIpc) is 2.83. The molecule has 0 atom stereocenters. The van der Waals surface area contributed by atoms with Crippen molar-refractivity contribution in [3.63, 3.8) is 0 Å². The van der Waals surface area contributed by atoms with Gasteiger partial charge in [0.15, 0.2) is 0 Å². The van der Waals surface area contributed by atoms with Crippen molar-refractivity contribution in [1.29, 1.82) is 0 Å². The molecule has 2 N–H and O–H groups in total. The normalized spacial score (nSPS) is 10.8. The minimum absolute atomic E-state index is 0.283. The molecule has 2 aromatic carbocycles. The quantitative estimate of drug-likeness (QED) is 0.727. The summed E-state index contributed by atoms with van der Waals surface area (Å²) in [4.78, 5) is 15.3. The number of carbonyl (C=O) groups is 1. The molecule has 1 aromatic heterocycles. The number of anilines is 1. The Morgan fingerprint density at radius 2 is 1.95 bits per heavy atom. The third-order valence-electron chi connectivity index (χ3n) is 3.42. The van der Waals surface area contributed by atoms with Crippen molar-refractivity contribution in [2.45, 2.75) is 13.8 Å². The first-order chi connectivity index (χ1) is 10.0. The number of hydrogen-bond donors (Lipinski definition) is 2. The summed E-state index contributed by atoms with van der Waals surface area (Å²) >= 11 is 0. The van der Waals surface area contributed by atoms with Gasteiger partial charge in [0.2, 0.25) is 0 Å². The van der Waals surface area contributed by atoms with Gasteiger partial charge >= 0.3 is 0 Å². The number of aromatic amines is 1. The molecular weight excluding hydrogens is 267 g/mol. The number of fused-ring (bicyclic) bond motifs is 1. The lowest BCUT2D eigenvalue weighted by atomic mass is 10.1. The number of amides is 1. The van der Waals surface area contributed by atoms with Gasteiger partial charge in [-0.1, -0.05) is 12.1 Å². The average molecular weight is 282 g/mol. The number of aryl methyl sites for hydroxylation is 2. The monoisotopic (exact) mass is 282 g/mol. The van der Waals surface area contributed by atoms with E-state index in [4.69, 9.17) is 0 Å². The van der Waals surface area contributed by atoms with E-state index in [2.05, 4.69) is 16.4 Å². The zero-order chi connectivity index (χ0) is 15.0. The molecule has 1 heterocycles. The van der Waals surface area contributed by atoms with Crippen LogP contribution in [0.5, 0.6) is 0 Å².